The van der Waals surface area contributed by atoms with Gasteiger partial charge in [-0.2, -0.15) is 0 Å². The summed E-state index contributed by atoms with van der Waals surface area (Å²) in [6.45, 7) is 0.309. The second kappa shape index (κ2) is 6.54. The molecule has 0 amide bonds. The van der Waals surface area contributed by atoms with Gasteiger partial charge in [-0.05, 0) is 45.8 Å². The van der Waals surface area contributed by atoms with Crippen molar-refractivity contribution in [1.29, 1.82) is 0 Å². The van der Waals surface area contributed by atoms with Crippen LogP contribution in [0.15, 0.2) is 41.0 Å². The van der Waals surface area contributed by atoms with E-state index in [-0.39, 0.29) is 6.61 Å². The van der Waals surface area contributed by atoms with Crippen molar-refractivity contribution >= 4 is 15.9 Å². The van der Waals surface area contributed by atoms with Crippen molar-refractivity contribution < 1.29 is 14.6 Å². The lowest BCUT2D eigenvalue weighted by molar-refractivity contribution is 0.271. The lowest BCUT2D eigenvalue weighted by Crippen LogP contribution is -2.01. The minimum atomic E-state index is -0.0461. The van der Waals surface area contributed by atoms with Crippen LogP contribution in [0.1, 0.15) is 11.3 Å². The number of pyridine rings is 1. The summed E-state index contributed by atoms with van der Waals surface area (Å²) in [6, 6.07) is 9.21. The Hall–Kier alpha value is -1.59. The zero-order valence-electron chi connectivity index (χ0n) is 10.5. The smallest absolute Gasteiger partial charge is 0.175 e. The number of aliphatic hydroxyl groups is 1. The van der Waals surface area contributed by atoms with Crippen LogP contribution in [-0.4, -0.2) is 17.2 Å². The molecular weight excluding hydrogens is 310 g/mol. The number of benzene rings is 1. The molecule has 2 rings (SSSR count). The summed E-state index contributed by atoms with van der Waals surface area (Å²) in [7, 11) is 1.57. The monoisotopic (exact) mass is 323 g/mol. The van der Waals surface area contributed by atoms with Crippen molar-refractivity contribution in [2.24, 2.45) is 0 Å². The molecule has 0 atom stereocenters. The lowest BCUT2D eigenvalue weighted by Gasteiger charge is -2.13. The second-order valence-corrected chi connectivity index (χ2v) is 4.73. The van der Waals surface area contributed by atoms with Gasteiger partial charge in [-0.3, -0.25) is 4.98 Å². The van der Waals surface area contributed by atoms with E-state index in [1.807, 2.05) is 18.2 Å². The summed E-state index contributed by atoms with van der Waals surface area (Å²) in [6.07, 6.45) is 1.72. The van der Waals surface area contributed by atoms with Gasteiger partial charge in [0.25, 0.3) is 0 Å². The van der Waals surface area contributed by atoms with Crippen LogP contribution < -0.4 is 9.47 Å². The van der Waals surface area contributed by atoms with Gasteiger partial charge in [-0.15, -0.1) is 0 Å². The van der Waals surface area contributed by atoms with Crippen molar-refractivity contribution in [2.75, 3.05) is 7.11 Å². The molecule has 1 N–H and O–H groups in total. The molecule has 5 heteroatoms. The fourth-order valence-corrected chi connectivity index (χ4v) is 2.24. The van der Waals surface area contributed by atoms with Gasteiger partial charge in [-0.25, -0.2) is 0 Å². The highest BCUT2D eigenvalue weighted by molar-refractivity contribution is 9.10. The number of aliphatic hydroxyl groups excluding tert-OH is 1. The van der Waals surface area contributed by atoms with Crippen LogP contribution in [0, 0.1) is 0 Å². The predicted molar refractivity (Wildman–Crippen MR) is 75.2 cm³/mol. The summed E-state index contributed by atoms with van der Waals surface area (Å²) in [5, 5.41) is 9.15. The quantitative estimate of drug-likeness (QED) is 0.919. The molecule has 1 heterocycles. The van der Waals surface area contributed by atoms with Crippen LogP contribution >= 0.6 is 15.9 Å². The molecule has 0 aliphatic carbocycles. The Morgan fingerprint density at radius 3 is 2.79 bits per heavy atom. The van der Waals surface area contributed by atoms with Crippen molar-refractivity contribution in [3.05, 3.63) is 52.3 Å². The molecule has 0 unspecified atom stereocenters. The van der Waals surface area contributed by atoms with E-state index in [9.17, 15) is 0 Å². The fourth-order valence-electron chi connectivity index (χ4n) is 1.63. The first-order valence-corrected chi connectivity index (χ1v) is 6.54. The number of hydrogen-bond donors (Lipinski definition) is 1. The number of aromatic nitrogens is 1. The predicted octanol–water partition coefficient (Wildman–Crippen LogP) is 2.92. The highest BCUT2D eigenvalue weighted by Gasteiger charge is 2.11. The first kappa shape index (κ1) is 13.8. The maximum Gasteiger partial charge on any atom is 0.175 e. The normalized spacial score (nSPS) is 10.3. The van der Waals surface area contributed by atoms with Crippen LogP contribution in [-0.2, 0) is 13.2 Å². The van der Waals surface area contributed by atoms with Crippen LogP contribution in [0.2, 0.25) is 0 Å². The van der Waals surface area contributed by atoms with E-state index in [1.54, 1.807) is 25.4 Å². The highest BCUT2D eigenvalue weighted by Crippen LogP contribution is 2.37. The molecule has 0 aliphatic rings. The van der Waals surface area contributed by atoms with Crippen LogP contribution in [0.4, 0.5) is 0 Å². The zero-order valence-corrected chi connectivity index (χ0v) is 12.1. The van der Waals surface area contributed by atoms with E-state index in [0.29, 0.717) is 18.1 Å². The molecule has 19 heavy (non-hydrogen) atoms. The molecule has 0 bridgehead atoms. The molecule has 0 fully saturated rings. The molecule has 0 saturated heterocycles. The van der Waals surface area contributed by atoms with Crippen LogP contribution in [0.3, 0.4) is 0 Å². The molecule has 0 spiro atoms. The van der Waals surface area contributed by atoms with Crippen molar-refractivity contribution in [1.82, 2.24) is 4.98 Å². The Balaban J connectivity index is 2.20. The third kappa shape index (κ3) is 3.45. The first-order valence-electron chi connectivity index (χ1n) is 5.74. The van der Waals surface area contributed by atoms with E-state index in [4.69, 9.17) is 14.6 Å². The van der Waals surface area contributed by atoms with E-state index < -0.39 is 0 Å². The van der Waals surface area contributed by atoms with Gasteiger partial charge in [0.1, 0.15) is 6.61 Å². The fraction of sp³-hybridized carbons (Fsp3) is 0.214. The minimum absolute atomic E-state index is 0.0461. The number of ether oxygens (including phenoxy) is 2. The van der Waals surface area contributed by atoms with Gasteiger partial charge in [0.15, 0.2) is 11.5 Å². The summed E-state index contributed by atoms with van der Waals surface area (Å²) in [4.78, 5) is 4.19. The maximum absolute atomic E-state index is 9.15. The van der Waals surface area contributed by atoms with Gasteiger partial charge < -0.3 is 14.6 Å². The molecule has 2 aromatic rings. The standard InChI is InChI=1S/C14H14BrNO3/c1-18-13-7-10(8-17)6-12(15)14(13)19-9-11-4-2-3-5-16-11/h2-7,17H,8-9H2,1H3. The van der Waals surface area contributed by atoms with Crippen LogP contribution in [0.5, 0.6) is 11.5 Å². The molecule has 0 aliphatic heterocycles. The topological polar surface area (TPSA) is 51.6 Å². The summed E-state index contributed by atoms with van der Waals surface area (Å²) < 4.78 is 11.7. The van der Waals surface area contributed by atoms with E-state index in [2.05, 4.69) is 20.9 Å². The molecule has 1 aromatic carbocycles. The Morgan fingerprint density at radius 1 is 1.32 bits per heavy atom. The first-order chi connectivity index (χ1) is 9.24. The van der Waals surface area contributed by atoms with Gasteiger partial charge in [0, 0.05) is 6.20 Å². The van der Waals surface area contributed by atoms with Crippen molar-refractivity contribution in [3.63, 3.8) is 0 Å². The zero-order chi connectivity index (χ0) is 13.7. The van der Waals surface area contributed by atoms with Gasteiger partial charge in [0.2, 0.25) is 0 Å². The molecule has 100 valence electrons. The largest absolute Gasteiger partial charge is 0.493 e. The Labute approximate surface area is 120 Å². The average molecular weight is 324 g/mol. The Bertz CT molecular complexity index is 546. The van der Waals surface area contributed by atoms with Gasteiger partial charge in [0.05, 0.1) is 23.9 Å². The maximum atomic E-state index is 9.15. The number of methoxy groups -OCH3 is 1. The van der Waals surface area contributed by atoms with Crippen LogP contribution in [0.25, 0.3) is 0 Å². The Morgan fingerprint density at radius 2 is 2.16 bits per heavy atom. The van der Waals surface area contributed by atoms with E-state index in [1.165, 1.54) is 0 Å². The van der Waals surface area contributed by atoms with E-state index in [0.717, 1.165) is 15.7 Å². The van der Waals surface area contributed by atoms with Gasteiger partial charge in [-0.1, -0.05) is 6.07 Å². The van der Waals surface area contributed by atoms with Crippen molar-refractivity contribution in [3.8, 4) is 11.5 Å². The summed E-state index contributed by atoms with van der Waals surface area (Å²) in [5.41, 5.74) is 1.59. The average Bonchev–Trinajstić information content (AvgIpc) is 2.46. The van der Waals surface area contributed by atoms with E-state index >= 15 is 0 Å². The summed E-state index contributed by atoms with van der Waals surface area (Å²) in [5.74, 6) is 1.18. The number of nitrogens with zero attached hydrogens (tertiary/aromatic N) is 1. The van der Waals surface area contributed by atoms with Gasteiger partial charge >= 0.3 is 0 Å². The highest BCUT2D eigenvalue weighted by atomic mass is 79.9. The molecule has 0 saturated carbocycles. The SMILES string of the molecule is COc1cc(CO)cc(Br)c1OCc1ccccn1. The van der Waals surface area contributed by atoms with Crippen molar-refractivity contribution in [2.45, 2.75) is 13.2 Å². The number of halogens is 1. The summed E-state index contributed by atoms with van der Waals surface area (Å²) >= 11 is 3.42. The molecular formula is C14H14BrNO3. The third-order valence-corrected chi connectivity index (χ3v) is 3.15. The molecule has 1 aromatic heterocycles. The third-order valence-electron chi connectivity index (χ3n) is 2.56. The molecule has 0 radical (unpaired) electrons. The lowest BCUT2D eigenvalue weighted by atomic mass is 10.2. The minimum Gasteiger partial charge on any atom is -0.493 e. The second-order valence-electron chi connectivity index (χ2n) is 3.88. The Kier molecular flexibility index (Phi) is 4.76. The number of rotatable bonds is 5. The number of hydrogen-bond acceptors (Lipinski definition) is 4. The molecule has 4 nitrogen and oxygen atoms in total.